The van der Waals surface area contributed by atoms with Gasteiger partial charge in [-0.15, -0.1) is 0 Å². The van der Waals surface area contributed by atoms with Crippen LogP contribution in [0.15, 0.2) is 83.8 Å². The molecule has 176 valence electrons. The Balaban J connectivity index is 1.26. The molecule has 2 aromatic carbocycles. The first kappa shape index (κ1) is 21.5. The van der Waals surface area contributed by atoms with Crippen LogP contribution in [0, 0.1) is 0 Å². The molecule has 0 atom stereocenters. The minimum atomic E-state index is -0.362. The van der Waals surface area contributed by atoms with Crippen LogP contribution in [0.1, 0.15) is 24.0 Å². The first-order valence-electron chi connectivity index (χ1n) is 12.2. The van der Waals surface area contributed by atoms with Gasteiger partial charge in [-0.1, -0.05) is 60.7 Å². The zero-order chi connectivity index (χ0) is 23.8. The van der Waals surface area contributed by atoms with E-state index in [0.717, 1.165) is 24.0 Å². The Morgan fingerprint density at radius 1 is 0.857 bits per heavy atom. The molecule has 1 aliphatic carbocycles. The Labute approximate surface area is 203 Å². The van der Waals surface area contributed by atoms with E-state index in [1.165, 1.54) is 0 Å². The summed E-state index contributed by atoms with van der Waals surface area (Å²) in [6, 6.07) is 23.7. The Morgan fingerprint density at radius 2 is 1.54 bits per heavy atom. The van der Waals surface area contributed by atoms with Crippen molar-refractivity contribution in [3.8, 4) is 0 Å². The maximum atomic E-state index is 13.6. The van der Waals surface area contributed by atoms with Crippen LogP contribution in [-0.4, -0.2) is 51.5 Å². The first-order chi connectivity index (χ1) is 17.2. The van der Waals surface area contributed by atoms with Gasteiger partial charge in [0, 0.05) is 32.4 Å². The first-order valence-corrected chi connectivity index (χ1v) is 12.2. The predicted molar refractivity (Wildman–Crippen MR) is 135 cm³/mol. The Bertz CT molecular complexity index is 1420. The molecule has 1 aliphatic heterocycles. The van der Waals surface area contributed by atoms with Crippen LogP contribution in [0.5, 0.6) is 0 Å². The molecule has 6 rings (SSSR count). The topological polar surface area (TPSA) is 71.3 Å². The van der Waals surface area contributed by atoms with Gasteiger partial charge in [-0.2, -0.15) is 0 Å². The highest BCUT2D eigenvalue weighted by Crippen LogP contribution is 2.49. The number of fused-ring (bicyclic) bond motifs is 1. The fourth-order valence-electron chi connectivity index (χ4n) is 5.11. The summed E-state index contributed by atoms with van der Waals surface area (Å²) in [6.45, 7) is 2.75. The van der Waals surface area contributed by atoms with Crippen molar-refractivity contribution in [1.29, 1.82) is 0 Å². The van der Waals surface area contributed by atoms with Crippen molar-refractivity contribution in [1.82, 2.24) is 19.4 Å². The molecule has 0 unspecified atom stereocenters. The normalized spacial score (nSPS) is 16.9. The molecule has 0 bridgehead atoms. The van der Waals surface area contributed by atoms with Gasteiger partial charge in [0.1, 0.15) is 5.52 Å². The van der Waals surface area contributed by atoms with Gasteiger partial charge in [-0.25, -0.2) is 9.97 Å². The highest BCUT2D eigenvalue weighted by Gasteiger charge is 2.53. The van der Waals surface area contributed by atoms with Gasteiger partial charge in [-0.05, 0) is 36.1 Å². The van der Waals surface area contributed by atoms with E-state index >= 15 is 0 Å². The van der Waals surface area contributed by atoms with Crippen molar-refractivity contribution in [3.63, 3.8) is 0 Å². The number of pyridine rings is 1. The van der Waals surface area contributed by atoms with Crippen LogP contribution in [0.2, 0.25) is 0 Å². The van der Waals surface area contributed by atoms with Gasteiger partial charge in [0.15, 0.2) is 11.5 Å². The van der Waals surface area contributed by atoms with E-state index in [1.54, 1.807) is 10.8 Å². The number of rotatable bonds is 5. The standard InChI is InChI=1S/C28H27N5O2/c34-26-25(30-23-12-7-15-29-24(23)33(26)20-21-8-3-1-4-9-21)31-16-18-32(19-17-31)27(35)28(13-14-28)22-10-5-2-6-11-22/h1-12,15H,13-14,16-20H2. The molecule has 7 heteroatoms. The summed E-state index contributed by atoms with van der Waals surface area (Å²) in [5, 5.41) is 0. The van der Waals surface area contributed by atoms with E-state index in [9.17, 15) is 9.59 Å². The van der Waals surface area contributed by atoms with E-state index in [2.05, 4.69) is 17.1 Å². The van der Waals surface area contributed by atoms with Crippen molar-refractivity contribution in [2.45, 2.75) is 24.8 Å². The molecule has 2 aromatic heterocycles. The van der Waals surface area contributed by atoms with Gasteiger partial charge in [-0.3, -0.25) is 14.2 Å². The van der Waals surface area contributed by atoms with Crippen LogP contribution in [-0.2, 0) is 16.8 Å². The molecule has 0 spiro atoms. The molecule has 35 heavy (non-hydrogen) atoms. The second-order valence-electron chi connectivity index (χ2n) is 9.39. The molecule has 2 fully saturated rings. The molecular formula is C28H27N5O2. The lowest BCUT2D eigenvalue weighted by Gasteiger charge is -2.37. The molecular weight excluding hydrogens is 438 g/mol. The third-order valence-electron chi connectivity index (χ3n) is 7.22. The Morgan fingerprint density at radius 3 is 2.23 bits per heavy atom. The molecule has 0 radical (unpaired) electrons. The second kappa shape index (κ2) is 8.65. The summed E-state index contributed by atoms with van der Waals surface area (Å²) in [5.41, 5.74) is 2.90. The van der Waals surface area contributed by atoms with Gasteiger partial charge >= 0.3 is 0 Å². The van der Waals surface area contributed by atoms with E-state index in [1.807, 2.05) is 70.5 Å². The number of piperazine rings is 1. The van der Waals surface area contributed by atoms with Gasteiger partial charge < -0.3 is 9.80 Å². The largest absolute Gasteiger partial charge is 0.348 e. The maximum Gasteiger partial charge on any atom is 0.295 e. The summed E-state index contributed by atoms with van der Waals surface area (Å²) in [5.74, 6) is 0.637. The molecule has 3 heterocycles. The lowest BCUT2D eigenvalue weighted by molar-refractivity contribution is -0.134. The zero-order valence-corrected chi connectivity index (χ0v) is 19.5. The summed E-state index contributed by atoms with van der Waals surface area (Å²) >= 11 is 0. The highest BCUT2D eigenvalue weighted by atomic mass is 16.2. The highest BCUT2D eigenvalue weighted by molar-refractivity contribution is 5.91. The van der Waals surface area contributed by atoms with Gasteiger partial charge in [0.25, 0.3) is 5.56 Å². The number of hydrogen-bond acceptors (Lipinski definition) is 5. The van der Waals surface area contributed by atoms with Gasteiger partial charge in [0.2, 0.25) is 5.91 Å². The number of anilines is 1. The van der Waals surface area contributed by atoms with Crippen molar-refractivity contribution in [3.05, 3.63) is 100 Å². The molecule has 2 aliphatic rings. The number of carbonyl (C=O) groups is 1. The Kier molecular flexibility index (Phi) is 5.32. The summed E-state index contributed by atoms with van der Waals surface area (Å²) in [7, 11) is 0. The van der Waals surface area contributed by atoms with E-state index in [-0.39, 0.29) is 16.9 Å². The minimum Gasteiger partial charge on any atom is -0.348 e. The smallest absolute Gasteiger partial charge is 0.295 e. The number of amides is 1. The molecule has 1 saturated heterocycles. The van der Waals surface area contributed by atoms with Crippen LogP contribution < -0.4 is 10.5 Å². The second-order valence-corrected chi connectivity index (χ2v) is 9.39. The van der Waals surface area contributed by atoms with E-state index in [0.29, 0.717) is 49.7 Å². The lowest BCUT2D eigenvalue weighted by atomic mass is 9.94. The summed E-state index contributed by atoms with van der Waals surface area (Å²) < 4.78 is 1.71. The fraction of sp³-hybridized carbons (Fsp3) is 0.286. The Hall–Kier alpha value is -4.00. The molecule has 1 amide bonds. The minimum absolute atomic E-state index is 0.150. The third-order valence-corrected chi connectivity index (χ3v) is 7.22. The van der Waals surface area contributed by atoms with Crippen molar-refractivity contribution in [2.24, 2.45) is 0 Å². The van der Waals surface area contributed by atoms with Crippen LogP contribution >= 0.6 is 0 Å². The SMILES string of the molecule is O=C(N1CCN(c2nc3cccnc3n(Cc3ccccc3)c2=O)CC1)C1(c2ccccc2)CC1. The van der Waals surface area contributed by atoms with Gasteiger partial charge in [0.05, 0.1) is 12.0 Å². The monoisotopic (exact) mass is 465 g/mol. The quantitative estimate of drug-likeness (QED) is 0.453. The van der Waals surface area contributed by atoms with E-state index < -0.39 is 0 Å². The average Bonchev–Trinajstić information content (AvgIpc) is 3.73. The van der Waals surface area contributed by atoms with Crippen LogP contribution in [0.25, 0.3) is 11.2 Å². The third kappa shape index (κ3) is 3.87. The molecule has 0 N–H and O–H groups in total. The van der Waals surface area contributed by atoms with E-state index in [4.69, 9.17) is 4.98 Å². The average molecular weight is 466 g/mol. The number of benzene rings is 2. The zero-order valence-electron chi connectivity index (χ0n) is 19.5. The molecule has 1 saturated carbocycles. The summed E-state index contributed by atoms with van der Waals surface area (Å²) in [4.78, 5) is 40.2. The number of carbonyl (C=O) groups excluding carboxylic acids is 1. The fourth-order valence-corrected chi connectivity index (χ4v) is 5.11. The number of nitrogens with zero attached hydrogens (tertiary/aromatic N) is 5. The van der Waals surface area contributed by atoms with Crippen LogP contribution in [0.4, 0.5) is 5.82 Å². The number of hydrogen-bond donors (Lipinski definition) is 0. The predicted octanol–water partition coefficient (Wildman–Crippen LogP) is 3.22. The molecule has 4 aromatic rings. The summed E-state index contributed by atoms with van der Waals surface area (Å²) in [6.07, 6.45) is 3.49. The van der Waals surface area contributed by atoms with Crippen molar-refractivity contribution in [2.75, 3.05) is 31.1 Å². The maximum absolute atomic E-state index is 13.6. The van der Waals surface area contributed by atoms with Crippen molar-refractivity contribution >= 4 is 22.9 Å². The molecule has 7 nitrogen and oxygen atoms in total. The van der Waals surface area contributed by atoms with Crippen molar-refractivity contribution < 1.29 is 4.79 Å². The van der Waals surface area contributed by atoms with Crippen LogP contribution in [0.3, 0.4) is 0 Å². The lowest BCUT2D eigenvalue weighted by Crippen LogP contribution is -2.53. The number of aromatic nitrogens is 3.